The van der Waals surface area contributed by atoms with Crippen LogP contribution in [0, 0.1) is 6.92 Å². The second kappa shape index (κ2) is 3.31. The molecule has 0 fully saturated rings. The maximum absolute atomic E-state index is 9.96. The van der Waals surface area contributed by atoms with Crippen LogP contribution in [-0.2, 0) is 7.05 Å². The Hall–Kier alpha value is -1.55. The van der Waals surface area contributed by atoms with Gasteiger partial charge in [0.2, 0.25) is 0 Å². The molecule has 0 bridgehead atoms. The van der Waals surface area contributed by atoms with Gasteiger partial charge in [0.05, 0.1) is 18.7 Å². The summed E-state index contributed by atoms with van der Waals surface area (Å²) in [7, 11) is 1.85. The minimum absolute atomic E-state index is 0.651. The highest BCUT2D eigenvalue weighted by Crippen LogP contribution is 2.24. The summed E-state index contributed by atoms with van der Waals surface area (Å²) in [4.78, 5) is 0. The number of hydrogen-bond donors (Lipinski definition) is 1. The number of furan rings is 1. The lowest BCUT2D eigenvalue weighted by molar-refractivity contribution is 0.218. The van der Waals surface area contributed by atoms with E-state index in [9.17, 15) is 5.11 Å². The van der Waals surface area contributed by atoms with E-state index in [4.69, 9.17) is 4.42 Å². The molecule has 0 aliphatic rings. The van der Waals surface area contributed by atoms with Crippen LogP contribution in [0.3, 0.4) is 0 Å². The zero-order chi connectivity index (χ0) is 10.1. The maximum atomic E-state index is 9.96. The van der Waals surface area contributed by atoms with Gasteiger partial charge in [-0.1, -0.05) is 0 Å². The fourth-order valence-corrected chi connectivity index (χ4v) is 1.39. The molecule has 0 aliphatic carbocycles. The number of aliphatic hydroxyl groups excluding tert-OH is 1. The molecule has 0 aromatic carbocycles. The van der Waals surface area contributed by atoms with Gasteiger partial charge in [-0.3, -0.25) is 4.68 Å². The van der Waals surface area contributed by atoms with Crippen LogP contribution in [0.1, 0.15) is 22.9 Å². The lowest BCUT2D eigenvalue weighted by atomic mass is 10.1. The molecule has 2 aromatic rings. The Balaban J connectivity index is 2.36. The second-order valence-corrected chi connectivity index (χ2v) is 3.27. The Morgan fingerprint density at radius 2 is 2.36 bits per heavy atom. The van der Waals surface area contributed by atoms with Gasteiger partial charge in [0, 0.05) is 23.9 Å². The van der Waals surface area contributed by atoms with E-state index in [2.05, 4.69) is 5.10 Å². The van der Waals surface area contributed by atoms with Crippen molar-refractivity contribution in [3.8, 4) is 0 Å². The van der Waals surface area contributed by atoms with Crippen LogP contribution in [-0.4, -0.2) is 14.9 Å². The van der Waals surface area contributed by atoms with Crippen LogP contribution in [0.5, 0.6) is 0 Å². The molecule has 14 heavy (non-hydrogen) atoms. The molecule has 0 radical (unpaired) electrons. The number of rotatable bonds is 2. The minimum Gasteiger partial charge on any atom is -0.472 e. The molecule has 0 saturated heterocycles. The third-order valence-corrected chi connectivity index (χ3v) is 2.43. The standard InChI is InChI=1S/C10H12N2O2/c1-7-9(5-11-12(7)2)10(13)8-3-4-14-6-8/h3-6,10,13H,1-2H3. The van der Waals surface area contributed by atoms with E-state index in [0.29, 0.717) is 0 Å². The third-order valence-electron chi connectivity index (χ3n) is 2.43. The third kappa shape index (κ3) is 1.33. The Bertz CT molecular complexity index is 417. The molecule has 2 heterocycles. The van der Waals surface area contributed by atoms with Crippen molar-refractivity contribution in [1.29, 1.82) is 0 Å². The lowest BCUT2D eigenvalue weighted by Gasteiger charge is -2.06. The maximum Gasteiger partial charge on any atom is 0.110 e. The summed E-state index contributed by atoms with van der Waals surface area (Å²) in [6.45, 7) is 1.92. The Morgan fingerprint density at radius 3 is 2.86 bits per heavy atom. The largest absolute Gasteiger partial charge is 0.472 e. The first kappa shape index (κ1) is 9.02. The predicted octanol–water partition coefficient (Wildman–Crippen LogP) is 1.40. The van der Waals surface area contributed by atoms with Gasteiger partial charge in [0.25, 0.3) is 0 Å². The second-order valence-electron chi connectivity index (χ2n) is 3.27. The molecule has 74 valence electrons. The van der Waals surface area contributed by atoms with Crippen LogP contribution in [0.2, 0.25) is 0 Å². The number of aromatic nitrogens is 2. The van der Waals surface area contributed by atoms with Crippen molar-refractivity contribution in [3.63, 3.8) is 0 Å². The average molecular weight is 192 g/mol. The van der Waals surface area contributed by atoms with E-state index in [0.717, 1.165) is 16.8 Å². The number of aryl methyl sites for hydroxylation is 1. The molecule has 1 atom stereocenters. The van der Waals surface area contributed by atoms with Crippen molar-refractivity contribution < 1.29 is 9.52 Å². The van der Waals surface area contributed by atoms with Crippen LogP contribution in [0.25, 0.3) is 0 Å². The summed E-state index contributed by atoms with van der Waals surface area (Å²) >= 11 is 0. The molecule has 0 spiro atoms. The van der Waals surface area contributed by atoms with Crippen molar-refractivity contribution in [2.24, 2.45) is 7.05 Å². The zero-order valence-electron chi connectivity index (χ0n) is 8.14. The predicted molar refractivity (Wildman–Crippen MR) is 50.7 cm³/mol. The van der Waals surface area contributed by atoms with Crippen LogP contribution < -0.4 is 0 Å². The molecule has 1 N–H and O–H groups in total. The number of aliphatic hydroxyl groups is 1. The van der Waals surface area contributed by atoms with E-state index in [-0.39, 0.29) is 0 Å². The fraction of sp³-hybridized carbons (Fsp3) is 0.300. The van der Waals surface area contributed by atoms with E-state index in [1.807, 2.05) is 14.0 Å². The Labute approximate surface area is 81.8 Å². The van der Waals surface area contributed by atoms with Crippen molar-refractivity contribution in [2.75, 3.05) is 0 Å². The molecule has 4 nitrogen and oxygen atoms in total. The van der Waals surface area contributed by atoms with Gasteiger partial charge >= 0.3 is 0 Å². The quantitative estimate of drug-likeness (QED) is 0.782. The van der Waals surface area contributed by atoms with Gasteiger partial charge in [-0.25, -0.2) is 0 Å². The summed E-state index contributed by atoms with van der Waals surface area (Å²) < 4.78 is 6.65. The van der Waals surface area contributed by atoms with Gasteiger partial charge in [-0.2, -0.15) is 5.10 Å². The van der Waals surface area contributed by atoms with E-state index in [1.165, 1.54) is 6.26 Å². The van der Waals surface area contributed by atoms with Gasteiger partial charge in [0.15, 0.2) is 0 Å². The highest BCUT2D eigenvalue weighted by Gasteiger charge is 2.16. The summed E-state index contributed by atoms with van der Waals surface area (Å²) in [6.07, 6.45) is 4.11. The number of hydrogen-bond acceptors (Lipinski definition) is 3. The molecule has 2 rings (SSSR count). The zero-order valence-corrected chi connectivity index (χ0v) is 8.14. The van der Waals surface area contributed by atoms with Crippen LogP contribution in [0.15, 0.2) is 29.2 Å². The van der Waals surface area contributed by atoms with Gasteiger partial charge in [0.1, 0.15) is 6.10 Å². The summed E-state index contributed by atoms with van der Waals surface area (Å²) in [5, 5.41) is 14.0. The van der Waals surface area contributed by atoms with Gasteiger partial charge in [-0.05, 0) is 13.0 Å². The normalized spacial score (nSPS) is 13.1. The van der Waals surface area contributed by atoms with Gasteiger partial charge in [-0.15, -0.1) is 0 Å². The molecule has 4 heteroatoms. The molecular weight excluding hydrogens is 180 g/mol. The van der Waals surface area contributed by atoms with Crippen molar-refractivity contribution in [2.45, 2.75) is 13.0 Å². The number of nitrogens with zero attached hydrogens (tertiary/aromatic N) is 2. The van der Waals surface area contributed by atoms with E-state index >= 15 is 0 Å². The Kier molecular flexibility index (Phi) is 2.13. The monoisotopic (exact) mass is 192 g/mol. The molecule has 0 aliphatic heterocycles. The average Bonchev–Trinajstić information content (AvgIpc) is 2.77. The fourth-order valence-electron chi connectivity index (χ4n) is 1.39. The molecule has 0 saturated carbocycles. The Morgan fingerprint density at radius 1 is 1.57 bits per heavy atom. The minimum atomic E-state index is -0.651. The summed E-state index contributed by atoms with van der Waals surface area (Å²) in [5.74, 6) is 0. The first-order valence-electron chi connectivity index (χ1n) is 4.39. The van der Waals surface area contributed by atoms with E-state index in [1.54, 1.807) is 23.2 Å². The first-order valence-corrected chi connectivity index (χ1v) is 4.39. The molecule has 0 amide bonds. The summed E-state index contributed by atoms with van der Waals surface area (Å²) in [6, 6.07) is 1.75. The van der Waals surface area contributed by atoms with Crippen LogP contribution in [0.4, 0.5) is 0 Å². The smallest absolute Gasteiger partial charge is 0.110 e. The highest BCUT2D eigenvalue weighted by atomic mass is 16.3. The molecule has 1 unspecified atom stereocenters. The lowest BCUT2D eigenvalue weighted by Crippen LogP contribution is -2.00. The van der Waals surface area contributed by atoms with E-state index < -0.39 is 6.10 Å². The first-order chi connectivity index (χ1) is 6.70. The molecular formula is C10H12N2O2. The van der Waals surface area contributed by atoms with Gasteiger partial charge < -0.3 is 9.52 Å². The SMILES string of the molecule is Cc1c(C(O)c2ccoc2)cnn1C. The van der Waals surface area contributed by atoms with Crippen LogP contribution >= 0.6 is 0 Å². The van der Waals surface area contributed by atoms with Crippen molar-refractivity contribution >= 4 is 0 Å². The summed E-state index contributed by atoms with van der Waals surface area (Å²) in [5.41, 5.74) is 2.52. The van der Waals surface area contributed by atoms with Crippen molar-refractivity contribution in [1.82, 2.24) is 9.78 Å². The topological polar surface area (TPSA) is 51.2 Å². The highest BCUT2D eigenvalue weighted by molar-refractivity contribution is 5.28. The molecule has 2 aromatic heterocycles. The van der Waals surface area contributed by atoms with Crippen molar-refractivity contribution in [3.05, 3.63) is 41.6 Å².